The molecule has 1 amide bonds. The number of fused-ring (bicyclic) bond motifs is 1. The standard InChI is InChI=1S/C25H32N4O2/c1-18-15-20(31-3)11-12-21(18)27-25(30)13-10-19-7-6-14-29(16-19)17-24-26-22-8-4-5-9-23(22)28(24)2/h4-5,8-9,11-12,15,19H,6-7,10,13-14,16-17H2,1-3H3,(H,27,30). The van der Waals surface area contributed by atoms with Crippen molar-refractivity contribution in [3.05, 3.63) is 53.9 Å². The Hall–Kier alpha value is -2.86. The summed E-state index contributed by atoms with van der Waals surface area (Å²) in [5.74, 6) is 2.54. The van der Waals surface area contributed by atoms with E-state index >= 15 is 0 Å². The molecule has 1 aliphatic rings. The van der Waals surface area contributed by atoms with E-state index in [2.05, 4.69) is 40.0 Å². The van der Waals surface area contributed by atoms with E-state index in [9.17, 15) is 4.79 Å². The third-order valence-corrected chi connectivity index (χ3v) is 6.34. The van der Waals surface area contributed by atoms with E-state index in [1.165, 1.54) is 18.4 Å². The summed E-state index contributed by atoms with van der Waals surface area (Å²) >= 11 is 0. The molecule has 1 fully saturated rings. The molecule has 1 aromatic heterocycles. The van der Waals surface area contributed by atoms with Crippen LogP contribution in [0.5, 0.6) is 5.75 Å². The van der Waals surface area contributed by atoms with E-state index in [0.717, 1.165) is 54.4 Å². The normalized spacial score (nSPS) is 17.1. The maximum Gasteiger partial charge on any atom is 0.224 e. The first-order valence-corrected chi connectivity index (χ1v) is 11.1. The first kappa shape index (κ1) is 21.4. The third kappa shape index (κ3) is 5.07. The zero-order chi connectivity index (χ0) is 21.8. The molecule has 3 aromatic rings. The van der Waals surface area contributed by atoms with E-state index in [4.69, 9.17) is 9.72 Å². The fourth-order valence-electron chi connectivity index (χ4n) is 4.52. The molecule has 0 bridgehead atoms. The van der Waals surface area contributed by atoms with E-state index in [1.54, 1.807) is 7.11 Å². The van der Waals surface area contributed by atoms with Crippen molar-refractivity contribution in [1.82, 2.24) is 14.5 Å². The van der Waals surface area contributed by atoms with Crippen LogP contribution in [0.1, 0.15) is 37.1 Å². The highest BCUT2D eigenvalue weighted by molar-refractivity contribution is 5.91. The summed E-state index contributed by atoms with van der Waals surface area (Å²) in [4.78, 5) is 19.8. The number of ether oxygens (including phenoxy) is 1. The Balaban J connectivity index is 1.29. The minimum absolute atomic E-state index is 0.0840. The van der Waals surface area contributed by atoms with Gasteiger partial charge in [0, 0.05) is 25.7 Å². The Bertz CT molecular complexity index is 1060. The lowest BCUT2D eigenvalue weighted by atomic mass is 9.93. The number of imidazole rings is 1. The number of aromatic nitrogens is 2. The average molecular weight is 421 g/mol. The molecule has 0 spiro atoms. The van der Waals surface area contributed by atoms with Crippen LogP contribution in [-0.2, 0) is 18.4 Å². The molecule has 6 nitrogen and oxygen atoms in total. The number of amides is 1. The highest BCUT2D eigenvalue weighted by Crippen LogP contribution is 2.25. The van der Waals surface area contributed by atoms with Crippen LogP contribution in [0.15, 0.2) is 42.5 Å². The Kier molecular flexibility index (Phi) is 6.56. The van der Waals surface area contributed by atoms with Crippen molar-refractivity contribution in [2.24, 2.45) is 13.0 Å². The van der Waals surface area contributed by atoms with Crippen LogP contribution in [0.4, 0.5) is 5.69 Å². The smallest absolute Gasteiger partial charge is 0.224 e. The van der Waals surface area contributed by atoms with Gasteiger partial charge in [-0.3, -0.25) is 9.69 Å². The molecule has 0 aliphatic carbocycles. The van der Waals surface area contributed by atoms with Gasteiger partial charge in [-0.1, -0.05) is 12.1 Å². The molecule has 6 heteroatoms. The molecule has 2 aromatic carbocycles. The van der Waals surface area contributed by atoms with Gasteiger partial charge in [0.1, 0.15) is 11.6 Å². The molecule has 1 atom stereocenters. The molecule has 0 saturated carbocycles. The van der Waals surface area contributed by atoms with E-state index < -0.39 is 0 Å². The zero-order valence-electron chi connectivity index (χ0n) is 18.7. The lowest BCUT2D eigenvalue weighted by molar-refractivity contribution is -0.116. The molecule has 164 valence electrons. The molecular weight excluding hydrogens is 388 g/mol. The summed E-state index contributed by atoms with van der Waals surface area (Å²) in [6, 6.07) is 14.0. The number of methoxy groups -OCH3 is 1. The highest BCUT2D eigenvalue weighted by Gasteiger charge is 2.22. The van der Waals surface area contributed by atoms with Gasteiger partial charge in [0.05, 0.1) is 24.7 Å². The summed E-state index contributed by atoms with van der Waals surface area (Å²) in [6.07, 6.45) is 3.83. The Morgan fingerprint density at radius 1 is 1.26 bits per heavy atom. The second-order valence-electron chi connectivity index (χ2n) is 8.59. The number of likely N-dealkylation sites (tertiary alicyclic amines) is 1. The summed E-state index contributed by atoms with van der Waals surface area (Å²) < 4.78 is 7.43. The molecular formula is C25H32N4O2. The number of anilines is 1. The third-order valence-electron chi connectivity index (χ3n) is 6.34. The van der Waals surface area contributed by atoms with Crippen molar-refractivity contribution < 1.29 is 9.53 Å². The van der Waals surface area contributed by atoms with Crippen molar-refractivity contribution >= 4 is 22.6 Å². The van der Waals surface area contributed by atoms with Crippen molar-refractivity contribution in [2.75, 3.05) is 25.5 Å². The number of carbonyl (C=O) groups is 1. The lowest BCUT2D eigenvalue weighted by Crippen LogP contribution is -2.36. The zero-order valence-corrected chi connectivity index (χ0v) is 18.7. The van der Waals surface area contributed by atoms with Gasteiger partial charge in [-0.2, -0.15) is 0 Å². The van der Waals surface area contributed by atoms with Crippen molar-refractivity contribution in [1.29, 1.82) is 0 Å². The number of para-hydroxylation sites is 2. The largest absolute Gasteiger partial charge is 0.497 e. The highest BCUT2D eigenvalue weighted by atomic mass is 16.5. The maximum absolute atomic E-state index is 12.5. The summed E-state index contributed by atoms with van der Waals surface area (Å²) in [5.41, 5.74) is 4.10. The van der Waals surface area contributed by atoms with Crippen molar-refractivity contribution in [2.45, 2.75) is 39.2 Å². The molecule has 1 aliphatic heterocycles. The Morgan fingerprint density at radius 3 is 2.87 bits per heavy atom. The topological polar surface area (TPSA) is 59.4 Å². The molecule has 31 heavy (non-hydrogen) atoms. The molecule has 1 saturated heterocycles. The van der Waals surface area contributed by atoms with Gasteiger partial charge in [0.25, 0.3) is 0 Å². The predicted molar refractivity (Wildman–Crippen MR) is 124 cm³/mol. The molecule has 1 N–H and O–H groups in total. The quantitative estimate of drug-likeness (QED) is 0.610. The lowest BCUT2D eigenvalue weighted by Gasteiger charge is -2.32. The van der Waals surface area contributed by atoms with Crippen LogP contribution >= 0.6 is 0 Å². The van der Waals surface area contributed by atoms with Gasteiger partial charge in [-0.25, -0.2) is 4.98 Å². The Labute approximate surface area is 184 Å². The van der Waals surface area contributed by atoms with Gasteiger partial charge >= 0.3 is 0 Å². The molecule has 4 rings (SSSR count). The summed E-state index contributed by atoms with van der Waals surface area (Å²) in [5, 5.41) is 3.05. The summed E-state index contributed by atoms with van der Waals surface area (Å²) in [7, 11) is 3.74. The van der Waals surface area contributed by atoms with Crippen LogP contribution in [0.25, 0.3) is 11.0 Å². The molecule has 2 heterocycles. The number of hydrogen-bond acceptors (Lipinski definition) is 4. The number of aryl methyl sites for hydroxylation is 2. The number of rotatable bonds is 7. The second-order valence-corrected chi connectivity index (χ2v) is 8.59. The molecule has 0 radical (unpaired) electrons. The monoisotopic (exact) mass is 420 g/mol. The van der Waals surface area contributed by atoms with E-state index in [-0.39, 0.29) is 5.91 Å². The SMILES string of the molecule is COc1ccc(NC(=O)CCC2CCCN(Cc3nc4ccccc4n3C)C2)c(C)c1. The average Bonchev–Trinajstić information content (AvgIpc) is 3.09. The minimum atomic E-state index is 0.0840. The van der Waals surface area contributed by atoms with Crippen LogP contribution in [-0.4, -0.2) is 40.6 Å². The van der Waals surface area contributed by atoms with Crippen molar-refractivity contribution in [3.63, 3.8) is 0 Å². The first-order chi connectivity index (χ1) is 15.0. The van der Waals surface area contributed by atoms with Gasteiger partial charge in [-0.15, -0.1) is 0 Å². The van der Waals surface area contributed by atoms with E-state index in [0.29, 0.717) is 12.3 Å². The van der Waals surface area contributed by atoms with Crippen LogP contribution in [0.2, 0.25) is 0 Å². The van der Waals surface area contributed by atoms with Gasteiger partial charge < -0.3 is 14.6 Å². The van der Waals surface area contributed by atoms with Gasteiger partial charge in [0.15, 0.2) is 0 Å². The summed E-state index contributed by atoms with van der Waals surface area (Å²) in [6.45, 7) is 4.96. The molecule has 1 unspecified atom stereocenters. The van der Waals surface area contributed by atoms with Gasteiger partial charge in [0.2, 0.25) is 5.91 Å². The second kappa shape index (κ2) is 9.52. The number of benzene rings is 2. The number of hydrogen-bond donors (Lipinski definition) is 1. The predicted octanol–water partition coefficient (Wildman–Crippen LogP) is 4.52. The van der Waals surface area contributed by atoms with Crippen LogP contribution in [0, 0.1) is 12.8 Å². The number of carbonyl (C=O) groups excluding carboxylic acids is 1. The fraction of sp³-hybridized carbons (Fsp3) is 0.440. The number of nitrogens with zero attached hydrogens (tertiary/aromatic N) is 3. The van der Waals surface area contributed by atoms with E-state index in [1.807, 2.05) is 31.2 Å². The Morgan fingerprint density at radius 2 is 2.10 bits per heavy atom. The maximum atomic E-state index is 12.5. The fourth-order valence-corrected chi connectivity index (χ4v) is 4.52. The van der Waals surface area contributed by atoms with Gasteiger partial charge in [-0.05, 0) is 74.5 Å². The minimum Gasteiger partial charge on any atom is -0.497 e. The van der Waals surface area contributed by atoms with Crippen LogP contribution < -0.4 is 10.1 Å². The number of nitrogens with one attached hydrogen (secondary N) is 1. The van der Waals surface area contributed by atoms with Crippen LogP contribution in [0.3, 0.4) is 0 Å². The number of piperidine rings is 1. The van der Waals surface area contributed by atoms with Crippen molar-refractivity contribution in [3.8, 4) is 5.75 Å². The first-order valence-electron chi connectivity index (χ1n) is 11.1.